The summed E-state index contributed by atoms with van der Waals surface area (Å²) in [7, 11) is 1.58. The minimum atomic E-state index is -0.664. The highest BCUT2D eigenvalue weighted by atomic mass is 16.5. The molecule has 0 aromatic heterocycles. The number of ketones is 1. The molecule has 1 aromatic rings. The number of phenolic OH excluding ortho intramolecular Hbond substituents is 1. The normalized spacial score (nSPS) is 15.0. The Bertz CT molecular complexity index is 706. The number of nitrogens with zero attached hydrogens (tertiary/aromatic N) is 2. The van der Waals surface area contributed by atoms with Gasteiger partial charge in [0.15, 0.2) is 12.4 Å². The van der Waals surface area contributed by atoms with Crippen LogP contribution in [0.5, 0.6) is 17.2 Å². The van der Waals surface area contributed by atoms with E-state index in [-0.39, 0.29) is 54.0 Å². The van der Waals surface area contributed by atoms with E-state index in [1.165, 1.54) is 17.0 Å². The first kappa shape index (κ1) is 17.6. The molecular weight excluding hydrogens is 312 g/mol. The molecule has 7 heteroatoms. The molecule has 0 bridgehead atoms. The number of phenols is 1. The van der Waals surface area contributed by atoms with Crippen LogP contribution in [0.15, 0.2) is 12.1 Å². The standard InChI is InChI=1S/C17H20N2O5/c1-17(2)9-13(21)16-12(20)7-11(8-14(16)24-17)23-10-15(22)19(3)6-4-5-18/h7-8,20H,4,6,9-10H2,1-3H3. The lowest BCUT2D eigenvalue weighted by molar-refractivity contribution is -0.132. The van der Waals surface area contributed by atoms with E-state index in [0.717, 1.165) is 0 Å². The molecule has 1 aliphatic heterocycles. The van der Waals surface area contributed by atoms with E-state index in [9.17, 15) is 14.7 Å². The van der Waals surface area contributed by atoms with Gasteiger partial charge in [0, 0.05) is 25.7 Å². The van der Waals surface area contributed by atoms with Gasteiger partial charge in [0.25, 0.3) is 5.91 Å². The number of hydrogen-bond donors (Lipinski definition) is 1. The molecule has 24 heavy (non-hydrogen) atoms. The maximum Gasteiger partial charge on any atom is 0.260 e. The van der Waals surface area contributed by atoms with Gasteiger partial charge in [-0.15, -0.1) is 0 Å². The van der Waals surface area contributed by atoms with Crippen LogP contribution >= 0.6 is 0 Å². The molecule has 1 N–H and O–H groups in total. The summed E-state index contributed by atoms with van der Waals surface area (Å²) in [6.07, 6.45) is 0.419. The first-order chi connectivity index (χ1) is 11.2. The zero-order valence-corrected chi connectivity index (χ0v) is 14.0. The van der Waals surface area contributed by atoms with Crippen LogP contribution in [0.3, 0.4) is 0 Å². The average molecular weight is 332 g/mol. The number of ether oxygens (including phenoxy) is 2. The number of likely N-dealkylation sites (N-methyl/N-ethyl adjacent to an activating group) is 1. The van der Waals surface area contributed by atoms with Gasteiger partial charge in [0.05, 0.1) is 18.9 Å². The SMILES string of the molecule is CN(CCC#N)C(=O)COc1cc(O)c2c(c1)OC(C)(C)CC2=O. The molecule has 0 radical (unpaired) electrons. The Labute approximate surface area is 140 Å². The van der Waals surface area contributed by atoms with Gasteiger partial charge in [0.1, 0.15) is 28.4 Å². The van der Waals surface area contributed by atoms with Crippen molar-refractivity contribution >= 4 is 11.7 Å². The summed E-state index contributed by atoms with van der Waals surface area (Å²) in [4.78, 5) is 25.4. The molecule has 0 unspecified atom stereocenters. The molecular formula is C17H20N2O5. The van der Waals surface area contributed by atoms with Crippen LogP contribution in [-0.4, -0.2) is 47.5 Å². The van der Waals surface area contributed by atoms with Crippen molar-refractivity contribution in [2.45, 2.75) is 32.3 Å². The van der Waals surface area contributed by atoms with Crippen LogP contribution in [-0.2, 0) is 4.79 Å². The van der Waals surface area contributed by atoms with Crippen molar-refractivity contribution in [2.75, 3.05) is 20.2 Å². The largest absolute Gasteiger partial charge is 0.507 e. The van der Waals surface area contributed by atoms with E-state index in [0.29, 0.717) is 6.54 Å². The molecule has 1 heterocycles. The van der Waals surface area contributed by atoms with Crippen LogP contribution in [0.4, 0.5) is 0 Å². The van der Waals surface area contributed by atoms with Gasteiger partial charge in [0.2, 0.25) is 0 Å². The molecule has 0 fully saturated rings. The third kappa shape index (κ3) is 3.96. The maximum absolute atomic E-state index is 12.1. The Morgan fingerprint density at radius 3 is 2.88 bits per heavy atom. The van der Waals surface area contributed by atoms with E-state index in [4.69, 9.17) is 14.7 Å². The van der Waals surface area contributed by atoms with Gasteiger partial charge >= 0.3 is 0 Å². The van der Waals surface area contributed by atoms with Crippen LogP contribution < -0.4 is 9.47 Å². The lowest BCUT2D eigenvalue weighted by Gasteiger charge is -2.32. The molecule has 7 nitrogen and oxygen atoms in total. The monoisotopic (exact) mass is 332 g/mol. The number of carbonyl (C=O) groups excluding carboxylic acids is 2. The number of benzene rings is 1. The minimum Gasteiger partial charge on any atom is -0.507 e. The Morgan fingerprint density at radius 2 is 2.21 bits per heavy atom. The molecule has 0 spiro atoms. The number of aromatic hydroxyl groups is 1. The molecule has 0 saturated carbocycles. The second-order valence-electron chi connectivity index (χ2n) is 6.29. The summed E-state index contributed by atoms with van der Waals surface area (Å²) in [6, 6.07) is 4.75. The molecule has 0 aliphatic carbocycles. The molecule has 1 aliphatic rings. The smallest absolute Gasteiger partial charge is 0.260 e. The van der Waals surface area contributed by atoms with Crippen LogP contribution in [0.1, 0.15) is 37.0 Å². The summed E-state index contributed by atoms with van der Waals surface area (Å²) >= 11 is 0. The Kier molecular flexibility index (Phi) is 4.98. The van der Waals surface area contributed by atoms with Crippen molar-refractivity contribution in [2.24, 2.45) is 0 Å². The predicted octanol–water partition coefficient (Wildman–Crippen LogP) is 1.89. The molecule has 0 atom stereocenters. The Hall–Kier alpha value is -2.75. The predicted molar refractivity (Wildman–Crippen MR) is 85.1 cm³/mol. The van der Waals surface area contributed by atoms with E-state index < -0.39 is 5.60 Å². The van der Waals surface area contributed by atoms with Crippen molar-refractivity contribution in [1.29, 1.82) is 5.26 Å². The van der Waals surface area contributed by atoms with E-state index in [1.54, 1.807) is 20.9 Å². The molecule has 0 saturated heterocycles. The Morgan fingerprint density at radius 1 is 1.50 bits per heavy atom. The van der Waals surface area contributed by atoms with E-state index in [1.807, 2.05) is 6.07 Å². The second-order valence-corrected chi connectivity index (χ2v) is 6.29. The van der Waals surface area contributed by atoms with Crippen LogP contribution in [0.25, 0.3) is 0 Å². The second kappa shape index (κ2) is 6.79. The average Bonchev–Trinajstić information content (AvgIpc) is 2.47. The number of hydrogen-bond acceptors (Lipinski definition) is 6. The number of rotatable bonds is 5. The van der Waals surface area contributed by atoms with E-state index in [2.05, 4.69) is 0 Å². The summed E-state index contributed by atoms with van der Waals surface area (Å²) < 4.78 is 11.1. The highest BCUT2D eigenvalue weighted by Gasteiger charge is 2.35. The minimum absolute atomic E-state index is 0.138. The third-order valence-electron chi connectivity index (χ3n) is 3.65. The lowest BCUT2D eigenvalue weighted by Crippen LogP contribution is -2.36. The van der Waals surface area contributed by atoms with Gasteiger partial charge < -0.3 is 19.5 Å². The molecule has 2 rings (SSSR count). The fraction of sp³-hybridized carbons (Fsp3) is 0.471. The number of nitriles is 1. The fourth-order valence-electron chi connectivity index (χ4n) is 2.43. The molecule has 128 valence electrons. The zero-order valence-electron chi connectivity index (χ0n) is 14.0. The van der Waals surface area contributed by atoms with Crippen molar-refractivity contribution < 1.29 is 24.2 Å². The van der Waals surface area contributed by atoms with Crippen molar-refractivity contribution in [3.63, 3.8) is 0 Å². The fourth-order valence-corrected chi connectivity index (χ4v) is 2.43. The molecule has 1 amide bonds. The van der Waals surface area contributed by atoms with Gasteiger partial charge in [-0.2, -0.15) is 5.26 Å². The third-order valence-corrected chi connectivity index (χ3v) is 3.65. The van der Waals surface area contributed by atoms with Crippen molar-refractivity contribution in [3.8, 4) is 23.3 Å². The quantitative estimate of drug-likeness (QED) is 0.884. The summed E-state index contributed by atoms with van der Waals surface area (Å²) in [5, 5.41) is 18.6. The van der Waals surface area contributed by atoms with Gasteiger partial charge in [-0.3, -0.25) is 9.59 Å². The maximum atomic E-state index is 12.1. The first-order valence-electron chi connectivity index (χ1n) is 7.56. The highest BCUT2D eigenvalue weighted by Crippen LogP contribution is 2.40. The van der Waals surface area contributed by atoms with E-state index >= 15 is 0 Å². The van der Waals surface area contributed by atoms with Gasteiger partial charge in [-0.25, -0.2) is 0 Å². The van der Waals surface area contributed by atoms with Crippen molar-refractivity contribution in [1.82, 2.24) is 4.90 Å². The topological polar surface area (TPSA) is 99.9 Å². The molecule has 1 aromatic carbocycles. The lowest BCUT2D eigenvalue weighted by atomic mass is 9.92. The van der Waals surface area contributed by atoms with Crippen LogP contribution in [0, 0.1) is 11.3 Å². The summed E-state index contributed by atoms with van der Waals surface area (Å²) in [5.41, 5.74) is -0.526. The van der Waals surface area contributed by atoms with Crippen molar-refractivity contribution in [3.05, 3.63) is 17.7 Å². The van der Waals surface area contributed by atoms with Gasteiger partial charge in [-0.1, -0.05) is 0 Å². The zero-order chi connectivity index (χ0) is 17.9. The number of amides is 1. The summed E-state index contributed by atoms with van der Waals surface area (Å²) in [5.74, 6) is -0.235. The number of carbonyl (C=O) groups is 2. The number of Topliss-reactive ketones (excluding diaryl/α,β-unsaturated/α-hetero) is 1. The van der Waals surface area contributed by atoms with Crippen LogP contribution in [0.2, 0.25) is 0 Å². The summed E-state index contributed by atoms with van der Waals surface area (Å²) in [6.45, 7) is 3.65. The first-order valence-corrected chi connectivity index (χ1v) is 7.56. The highest BCUT2D eigenvalue weighted by molar-refractivity contribution is 6.03. The Balaban J connectivity index is 2.11. The number of fused-ring (bicyclic) bond motifs is 1. The van der Waals surface area contributed by atoms with Gasteiger partial charge in [-0.05, 0) is 13.8 Å².